The third-order valence-electron chi connectivity index (χ3n) is 3.00. The average molecular weight is 270 g/mol. The predicted octanol–water partition coefficient (Wildman–Crippen LogP) is 3.65. The summed E-state index contributed by atoms with van der Waals surface area (Å²) in [6.07, 6.45) is 3.62. The van der Waals surface area contributed by atoms with Crippen LogP contribution >= 0.6 is 0 Å². The molecule has 0 aliphatic rings. The van der Waals surface area contributed by atoms with Crippen molar-refractivity contribution in [2.75, 3.05) is 6.61 Å². The van der Waals surface area contributed by atoms with E-state index in [0.29, 0.717) is 12.6 Å². The van der Waals surface area contributed by atoms with Crippen molar-refractivity contribution in [1.82, 2.24) is 10.3 Å². The molecular formula is C17H22N2O. The van der Waals surface area contributed by atoms with Gasteiger partial charge in [-0.15, -0.1) is 0 Å². The number of pyridine rings is 1. The van der Waals surface area contributed by atoms with Crippen LogP contribution in [0.3, 0.4) is 0 Å². The highest BCUT2D eigenvalue weighted by atomic mass is 16.5. The minimum Gasteiger partial charge on any atom is -0.492 e. The molecule has 1 aromatic carbocycles. The van der Waals surface area contributed by atoms with Crippen LogP contribution in [0.15, 0.2) is 42.7 Å². The van der Waals surface area contributed by atoms with Gasteiger partial charge >= 0.3 is 0 Å². The van der Waals surface area contributed by atoms with Crippen LogP contribution in [-0.4, -0.2) is 17.6 Å². The van der Waals surface area contributed by atoms with Gasteiger partial charge in [0.05, 0.1) is 12.8 Å². The Morgan fingerprint density at radius 3 is 2.75 bits per heavy atom. The van der Waals surface area contributed by atoms with E-state index < -0.39 is 0 Å². The monoisotopic (exact) mass is 270 g/mol. The van der Waals surface area contributed by atoms with Gasteiger partial charge in [0.25, 0.3) is 0 Å². The summed E-state index contributed by atoms with van der Waals surface area (Å²) in [5.41, 5.74) is 3.53. The van der Waals surface area contributed by atoms with Crippen molar-refractivity contribution in [2.45, 2.75) is 33.4 Å². The molecular weight excluding hydrogens is 248 g/mol. The summed E-state index contributed by atoms with van der Waals surface area (Å²) < 4.78 is 5.50. The van der Waals surface area contributed by atoms with E-state index in [9.17, 15) is 0 Å². The Hall–Kier alpha value is -1.87. The Labute approximate surface area is 121 Å². The van der Waals surface area contributed by atoms with Gasteiger partial charge in [-0.2, -0.15) is 0 Å². The molecule has 1 aromatic heterocycles. The molecule has 3 heteroatoms. The van der Waals surface area contributed by atoms with Crippen LogP contribution in [-0.2, 0) is 6.54 Å². The molecule has 0 saturated carbocycles. The molecule has 0 spiro atoms. The van der Waals surface area contributed by atoms with Crippen LogP contribution in [0.5, 0.6) is 5.75 Å². The molecule has 0 unspecified atom stereocenters. The zero-order valence-electron chi connectivity index (χ0n) is 12.4. The summed E-state index contributed by atoms with van der Waals surface area (Å²) in [7, 11) is 0. The third-order valence-corrected chi connectivity index (χ3v) is 3.00. The second-order valence-corrected chi connectivity index (χ2v) is 5.08. The van der Waals surface area contributed by atoms with Gasteiger partial charge in [-0.1, -0.05) is 32.0 Å². The molecule has 0 aliphatic heterocycles. The first kappa shape index (κ1) is 14.5. The van der Waals surface area contributed by atoms with Crippen molar-refractivity contribution in [2.24, 2.45) is 0 Å². The molecule has 0 bridgehead atoms. The maximum atomic E-state index is 5.50. The molecule has 1 N–H and O–H groups in total. The maximum Gasteiger partial charge on any atom is 0.138 e. The lowest BCUT2D eigenvalue weighted by Gasteiger charge is -2.10. The molecule has 1 heterocycles. The minimum absolute atomic E-state index is 0.488. The molecule has 0 amide bonds. The molecule has 0 aliphatic carbocycles. The van der Waals surface area contributed by atoms with Crippen molar-refractivity contribution < 1.29 is 4.74 Å². The van der Waals surface area contributed by atoms with Crippen molar-refractivity contribution in [3.8, 4) is 16.9 Å². The van der Waals surface area contributed by atoms with E-state index in [4.69, 9.17) is 4.74 Å². The first-order valence-corrected chi connectivity index (χ1v) is 7.09. The molecule has 0 saturated heterocycles. The number of benzene rings is 1. The number of nitrogens with one attached hydrogen (secondary N) is 1. The Balaban J connectivity index is 2.19. The molecule has 20 heavy (non-hydrogen) atoms. The highest BCUT2D eigenvalue weighted by Crippen LogP contribution is 2.23. The van der Waals surface area contributed by atoms with E-state index in [0.717, 1.165) is 17.9 Å². The molecule has 0 radical (unpaired) electrons. The van der Waals surface area contributed by atoms with Gasteiger partial charge in [0, 0.05) is 24.3 Å². The normalized spacial score (nSPS) is 10.8. The summed E-state index contributed by atoms with van der Waals surface area (Å²) in [6.45, 7) is 7.82. The third kappa shape index (κ3) is 4.07. The minimum atomic E-state index is 0.488. The molecule has 106 valence electrons. The zero-order chi connectivity index (χ0) is 14.4. The molecule has 2 rings (SSSR count). The van der Waals surface area contributed by atoms with Crippen molar-refractivity contribution in [3.63, 3.8) is 0 Å². The number of hydrogen-bond donors (Lipinski definition) is 1. The van der Waals surface area contributed by atoms with Crippen molar-refractivity contribution in [3.05, 3.63) is 48.3 Å². The van der Waals surface area contributed by atoms with Crippen LogP contribution in [0.25, 0.3) is 11.1 Å². The zero-order valence-corrected chi connectivity index (χ0v) is 12.4. The Kier molecular flexibility index (Phi) is 5.13. The molecule has 0 fully saturated rings. The van der Waals surface area contributed by atoms with E-state index in [1.54, 1.807) is 6.20 Å². The van der Waals surface area contributed by atoms with Gasteiger partial charge in [0.1, 0.15) is 5.75 Å². The fourth-order valence-electron chi connectivity index (χ4n) is 2.01. The van der Waals surface area contributed by atoms with Gasteiger partial charge < -0.3 is 10.1 Å². The summed E-state index contributed by atoms with van der Waals surface area (Å²) in [4.78, 5) is 4.24. The highest BCUT2D eigenvalue weighted by molar-refractivity contribution is 5.64. The molecule has 3 nitrogen and oxygen atoms in total. The quantitative estimate of drug-likeness (QED) is 0.870. The van der Waals surface area contributed by atoms with Gasteiger partial charge in [0.2, 0.25) is 0 Å². The summed E-state index contributed by atoms with van der Waals surface area (Å²) >= 11 is 0. The van der Waals surface area contributed by atoms with Gasteiger partial charge in [-0.3, -0.25) is 4.98 Å². The number of nitrogens with zero attached hydrogens (tertiary/aromatic N) is 1. The van der Waals surface area contributed by atoms with Gasteiger partial charge in [0.15, 0.2) is 0 Å². The van der Waals surface area contributed by atoms with E-state index in [1.165, 1.54) is 11.1 Å². The predicted molar refractivity (Wildman–Crippen MR) is 82.8 cm³/mol. The van der Waals surface area contributed by atoms with Crippen LogP contribution < -0.4 is 10.1 Å². The van der Waals surface area contributed by atoms with Crippen LogP contribution in [0.4, 0.5) is 0 Å². The van der Waals surface area contributed by atoms with E-state index in [1.807, 2.05) is 19.2 Å². The largest absolute Gasteiger partial charge is 0.492 e. The lowest BCUT2D eigenvalue weighted by Crippen LogP contribution is -2.21. The Morgan fingerprint density at radius 2 is 2.00 bits per heavy atom. The fraction of sp³-hybridized carbons (Fsp3) is 0.353. The summed E-state index contributed by atoms with van der Waals surface area (Å²) in [6, 6.07) is 11.0. The van der Waals surface area contributed by atoms with Crippen molar-refractivity contribution in [1.29, 1.82) is 0 Å². The van der Waals surface area contributed by atoms with Crippen LogP contribution in [0.2, 0.25) is 0 Å². The number of ether oxygens (including phenoxy) is 1. The second-order valence-electron chi connectivity index (χ2n) is 5.08. The first-order chi connectivity index (χ1) is 9.69. The lowest BCUT2D eigenvalue weighted by atomic mass is 10.0. The van der Waals surface area contributed by atoms with E-state index in [2.05, 4.69) is 48.4 Å². The maximum absolute atomic E-state index is 5.50. The lowest BCUT2D eigenvalue weighted by molar-refractivity contribution is 0.339. The van der Waals surface area contributed by atoms with E-state index in [-0.39, 0.29) is 0 Å². The molecule has 0 atom stereocenters. The van der Waals surface area contributed by atoms with Crippen LogP contribution in [0.1, 0.15) is 26.3 Å². The Bertz CT molecular complexity index is 552. The first-order valence-electron chi connectivity index (χ1n) is 7.09. The number of hydrogen-bond acceptors (Lipinski definition) is 3. The van der Waals surface area contributed by atoms with Gasteiger partial charge in [-0.25, -0.2) is 0 Å². The number of rotatable bonds is 6. The Morgan fingerprint density at radius 1 is 1.15 bits per heavy atom. The SMILES string of the molecule is CCOc1cncc(-c2cccc(CNC(C)C)c2)c1. The summed E-state index contributed by atoms with van der Waals surface area (Å²) in [5.74, 6) is 0.815. The van der Waals surface area contributed by atoms with Crippen molar-refractivity contribution >= 4 is 0 Å². The summed E-state index contributed by atoms with van der Waals surface area (Å²) in [5, 5.41) is 3.43. The standard InChI is InChI=1S/C17H22N2O/c1-4-20-17-9-16(11-18-12-17)15-7-5-6-14(8-15)10-19-13(2)3/h5-9,11-13,19H,4,10H2,1-3H3. The molecule has 2 aromatic rings. The van der Waals surface area contributed by atoms with Gasteiger partial charge in [-0.05, 0) is 30.2 Å². The topological polar surface area (TPSA) is 34.1 Å². The number of aromatic nitrogens is 1. The highest BCUT2D eigenvalue weighted by Gasteiger charge is 2.02. The van der Waals surface area contributed by atoms with E-state index >= 15 is 0 Å². The second kappa shape index (κ2) is 7.06. The average Bonchev–Trinajstić information content (AvgIpc) is 2.46. The smallest absolute Gasteiger partial charge is 0.138 e. The fourth-order valence-corrected chi connectivity index (χ4v) is 2.01. The van der Waals surface area contributed by atoms with Crippen LogP contribution in [0, 0.1) is 0 Å².